The molecule has 0 radical (unpaired) electrons. The smallest absolute Gasteiger partial charge is 0.324 e. The third kappa shape index (κ3) is 5.69. The van der Waals surface area contributed by atoms with Crippen LogP contribution < -0.4 is 20.9 Å². The van der Waals surface area contributed by atoms with Gasteiger partial charge in [0.15, 0.2) is 0 Å². The van der Waals surface area contributed by atoms with E-state index in [4.69, 9.17) is 4.74 Å². The van der Waals surface area contributed by atoms with E-state index in [1.54, 1.807) is 25.1 Å². The van der Waals surface area contributed by atoms with Crippen LogP contribution in [-0.2, 0) is 0 Å². The Morgan fingerprint density at radius 2 is 1.82 bits per heavy atom. The van der Waals surface area contributed by atoms with Crippen LogP contribution in [-0.4, -0.2) is 32.4 Å². The Labute approximate surface area is 196 Å². The van der Waals surface area contributed by atoms with Gasteiger partial charge in [0.2, 0.25) is 5.95 Å². The number of nitrogens with zero attached hydrogens (tertiary/aromatic N) is 3. The molecule has 0 saturated carbocycles. The highest BCUT2D eigenvalue weighted by molar-refractivity contribution is 5.99. The van der Waals surface area contributed by atoms with Crippen molar-refractivity contribution in [2.45, 2.75) is 26.7 Å². The van der Waals surface area contributed by atoms with Gasteiger partial charge in [-0.05, 0) is 37.6 Å². The molecule has 9 heteroatoms. The first-order valence-corrected chi connectivity index (χ1v) is 11.1. The summed E-state index contributed by atoms with van der Waals surface area (Å²) in [5, 5.41) is 10.2. The van der Waals surface area contributed by atoms with E-state index in [0.717, 1.165) is 24.2 Å². The number of nitrogens with one attached hydrogen (secondary N) is 3. The largest absolute Gasteiger partial charge is 0.494 e. The van der Waals surface area contributed by atoms with Gasteiger partial charge in [-0.25, -0.2) is 9.78 Å². The standard InChI is InChI=1S/C25H26N6O3/c1-3-4-14-34-20-12-10-19(11-13-20)27-25(33)28-22-16-21(18-8-6-5-7-9-18)30-31(22)24-26-17(2)15-23(32)29-24/h5-13,15-16H,3-4,14H2,1-2H3,(H,26,29,32)(H2,27,28,33). The SMILES string of the molecule is CCCCOc1ccc(NC(=O)Nc2cc(-c3ccccc3)nn2-c2nc(C)cc(=O)[nH]2)cc1. The number of carbonyl (C=O) groups is 1. The summed E-state index contributed by atoms with van der Waals surface area (Å²) in [6, 6.07) is 19.3. The highest BCUT2D eigenvalue weighted by Gasteiger charge is 2.16. The fraction of sp³-hybridized carbons (Fsp3) is 0.200. The predicted octanol–water partition coefficient (Wildman–Crippen LogP) is 4.75. The fourth-order valence-corrected chi connectivity index (χ4v) is 3.29. The third-order valence-corrected chi connectivity index (χ3v) is 4.96. The lowest BCUT2D eigenvalue weighted by Gasteiger charge is -2.10. The molecular weight excluding hydrogens is 432 g/mol. The van der Waals surface area contributed by atoms with Crippen LogP contribution >= 0.6 is 0 Å². The normalized spacial score (nSPS) is 10.6. The van der Waals surface area contributed by atoms with Crippen molar-refractivity contribution in [2.24, 2.45) is 0 Å². The summed E-state index contributed by atoms with van der Waals surface area (Å²) in [7, 11) is 0. The molecule has 2 amide bonds. The van der Waals surface area contributed by atoms with Gasteiger partial charge in [0.05, 0.1) is 12.3 Å². The van der Waals surface area contributed by atoms with Crippen molar-refractivity contribution in [3.8, 4) is 23.0 Å². The summed E-state index contributed by atoms with van der Waals surface area (Å²) in [5.74, 6) is 1.31. The van der Waals surface area contributed by atoms with Crippen molar-refractivity contribution in [1.82, 2.24) is 19.7 Å². The summed E-state index contributed by atoms with van der Waals surface area (Å²) < 4.78 is 7.06. The highest BCUT2D eigenvalue weighted by atomic mass is 16.5. The molecule has 2 aromatic carbocycles. The average Bonchev–Trinajstić information content (AvgIpc) is 3.24. The summed E-state index contributed by atoms with van der Waals surface area (Å²) in [6.07, 6.45) is 2.05. The summed E-state index contributed by atoms with van der Waals surface area (Å²) in [5.41, 5.74) is 2.31. The molecule has 0 bridgehead atoms. The fourth-order valence-electron chi connectivity index (χ4n) is 3.29. The maximum Gasteiger partial charge on any atom is 0.324 e. The first-order valence-electron chi connectivity index (χ1n) is 11.1. The second-order valence-corrected chi connectivity index (χ2v) is 7.71. The number of hydrogen-bond donors (Lipinski definition) is 3. The van der Waals surface area contributed by atoms with Crippen LogP contribution in [0, 0.1) is 6.92 Å². The molecule has 0 atom stereocenters. The van der Waals surface area contributed by atoms with Crippen LogP contribution in [0.2, 0.25) is 0 Å². The van der Waals surface area contributed by atoms with Crippen molar-refractivity contribution in [3.05, 3.63) is 82.8 Å². The Morgan fingerprint density at radius 3 is 2.53 bits per heavy atom. The van der Waals surface area contributed by atoms with Crippen LogP contribution in [0.4, 0.5) is 16.3 Å². The zero-order chi connectivity index (χ0) is 23.9. The lowest BCUT2D eigenvalue weighted by atomic mass is 10.2. The topological polar surface area (TPSA) is 114 Å². The van der Waals surface area contributed by atoms with Crippen molar-refractivity contribution in [2.75, 3.05) is 17.2 Å². The number of H-pyrrole nitrogens is 1. The highest BCUT2D eigenvalue weighted by Crippen LogP contribution is 2.24. The first-order chi connectivity index (χ1) is 16.5. The van der Waals surface area contributed by atoms with E-state index in [9.17, 15) is 9.59 Å². The number of carbonyl (C=O) groups excluding carboxylic acids is 1. The van der Waals surface area contributed by atoms with E-state index in [2.05, 4.69) is 32.6 Å². The molecule has 2 heterocycles. The van der Waals surface area contributed by atoms with Crippen LogP contribution in [0.15, 0.2) is 71.5 Å². The summed E-state index contributed by atoms with van der Waals surface area (Å²) in [6.45, 7) is 4.48. The van der Waals surface area contributed by atoms with E-state index in [1.165, 1.54) is 10.7 Å². The molecule has 0 unspecified atom stereocenters. The first kappa shape index (κ1) is 22.8. The molecule has 34 heavy (non-hydrogen) atoms. The van der Waals surface area contributed by atoms with Gasteiger partial charge in [0, 0.05) is 29.1 Å². The van der Waals surface area contributed by atoms with E-state index < -0.39 is 6.03 Å². The predicted molar refractivity (Wildman–Crippen MR) is 132 cm³/mol. The molecule has 0 aliphatic carbocycles. The Hall–Kier alpha value is -4.40. The number of aromatic amines is 1. The van der Waals surface area contributed by atoms with Crippen molar-refractivity contribution < 1.29 is 9.53 Å². The second kappa shape index (κ2) is 10.5. The molecule has 9 nitrogen and oxygen atoms in total. The second-order valence-electron chi connectivity index (χ2n) is 7.71. The average molecular weight is 459 g/mol. The van der Waals surface area contributed by atoms with Crippen molar-refractivity contribution >= 4 is 17.5 Å². The van der Waals surface area contributed by atoms with Gasteiger partial charge < -0.3 is 10.1 Å². The molecule has 2 aromatic heterocycles. The Balaban J connectivity index is 1.56. The monoisotopic (exact) mass is 458 g/mol. The molecule has 0 aliphatic heterocycles. The van der Waals surface area contributed by atoms with E-state index in [0.29, 0.717) is 29.5 Å². The number of unbranched alkanes of at least 4 members (excludes halogenated alkanes) is 1. The number of benzene rings is 2. The Bertz CT molecular complexity index is 1310. The van der Waals surface area contributed by atoms with Crippen LogP contribution in [0.25, 0.3) is 17.2 Å². The number of anilines is 2. The molecule has 0 saturated heterocycles. The number of hydrogen-bond acceptors (Lipinski definition) is 5. The molecule has 3 N–H and O–H groups in total. The van der Waals surface area contributed by atoms with Gasteiger partial charge in [-0.3, -0.25) is 15.1 Å². The Kier molecular flexibility index (Phi) is 7.02. The van der Waals surface area contributed by atoms with Gasteiger partial charge in [-0.2, -0.15) is 9.78 Å². The maximum atomic E-state index is 12.8. The number of urea groups is 1. The maximum absolute atomic E-state index is 12.8. The molecule has 4 rings (SSSR count). The van der Waals surface area contributed by atoms with Crippen LogP contribution in [0.3, 0.4) is 0 Å². The van der Waals surface area contributed by atoms with Crippen LogP contribution in [0.1, 0.15) is 25.5 Å². The number of ether oxygens (including phenoxy) is 1. The minimum absolute atomic E-state index is 0.205. The lowest BCUT2D eigenvalue weighted by molar-refractivity contribution is 0.262. The van der Waals surface area contributed by atoms with Gasteiger partial charge in [-0.1, -0.05) is 43.7 Å². The minimum Gasteiger partial charge on any atom is -0.494 e. The van der Waals surface area contributed by atoms with Crippen molar-refractivity contribution in [1.29, 1.82) is 0 Å². The number of aryl methyl sites for hydroxylation is 1. The van der Waals surface area contributed by atoms with Crippen molar-refractivity contribution in [3.63, 3.8) is 0 Å². The number of aromatic nitrogens is 4. The van der Waals surface area contributed by atoms with E-state index >= 15 is 0 Å². The third-order valence-electron chi connectivity index (χ3n) is 4.96. The van der Waals surface area contributed by atoms with E-state index in [-0.39, 0.29) is 11.5 Å². The Morgan fingerprint density at radius 1 is 1.06 bits per heavy atom. The zero-order valence-electron chi connectivity index (χ0n) is 19.0. The molecule has 4 aromatic rings. The minimum atomic E-state index is -0.463. The quantitative estimate of drug-likeness (QED) is 0.330. The van der Waals surface area contributed by atoms with E-state index in [1.807, 2.05) is 42.5 Å². The van der Waals surface area contributed by atoms with Gasteiger partial charge in [-0.15, -0.1) is 0 Å². The summed E-state index contributed by atoms with van der Waals surface area (Å²) >= 11 is 0. The summed E-state index contributed by atoms with van der Waals surface area (Å²) in [4.78, 5) is 31.8. The lowest BCUT2D eigenvalue weighted by Crippen LogP contribution is -2.22. The number of rotatable bonds is 8. The number of amides is 2. The van der Waals surface area contributed by atoms with Gasteiger partial charge in [0.1, 0.15) is 11.6 Å². The zero-order valence-corrected chi connectivity index (χ0v) is 19.0. The molecular formula is C25H26N6O3. The molecule has 0 fully saturated rings. The molecule has 174 valence electrons. The van der Waals surface area contributed by atoms with Crippen LogP contribution in [0.5, 0.6) is 5.75 Å². The van der Waals surface area contributed by atoms with Gasteiger partial charge >= 0.3 is 6.03 Å². The van der Waals surface area contributed by atoms with Gasteiger partial charge in [0.25, 0.3) is 5.56 Å². The molecule has 0 spiro atoms. The molecule has 0 aliphatic rings.